The van der Waals surface area contributed by atoms with E-state index in [-0.39, 0.29) is 37.1 Å². The second-order valence-electron chi connectivity index (χ2n) is 7.13. The van der Waals surface area contributed by atoms with Gasteiger partial charge in [-0.25, -0.2) is 4.98 Å². The maximum Gasteiger partial charge on any atom is 0.231 e. The number of carbonyl (C=O) groups is 1. The van der Waals surface area contributed by atoms with E-state index >= 15 is 0 Å². The largest absolute Gasteiger partial charge is 0.502 e. The van der Waals surface area contributed by atoms with Gasteiger partial charge in [0.15, 0.2) is 5.76 Å². The first-order chi connectivity index (χ1) is 14.4. The van der Waals surface area contributed by atoms with E-state index in [4.69, 9.17) is 14.4 Å². The molecule has 0 radical (unpaired) electrons. The predicted octanol–water partition coefficient (Wildman–Crippen LogP) is 2.27. The number of hydrogen-bond acceptors (Lipinski definition) is 8. The van der Waals surface area contributed by atoms with Gasteiger partial charge in [-0.1, -0.05) is 0 Å². The SMILES string of the molecule is Cc1cc(=O)c(O)c(C2(CC(=O)NCCOc3ncccc3C#N)CCSCC2)o1. The van der Waals surface area contributed by atoms with Crippen LogP contribution in [0.4, 0.5) is 0 Å². The summed E-state index contributed by atoms with van der Waals surface area (Å²) in [5.41, 5.74) is -0.892. The van der Waals surface area contributed by atoms with Gasteiger partial charge in [0.05, 0.1) is 6.54 Å². The molecule has 30 heavy (non-hydrogen) atoms. The molecule has 0 bridgehead atoms. The number of nitrogens with one attached hydrogen (secondary N) is 1. The van der Waals surface area contributed by atoms with E-state index in [0.717, 1.165) is 11.5 Å². The predicted molar refractivity (Wildman–Crippen MR) is 112 cm³/mol. The molecule has 3 rings (SSSR count). The van der Waals surface area contributed by atoms with Gasteiger partial charge in [0.1, 0.15) is 24.0 Å². The van der Waals surface area contributed by atoms with Crippen LogP contribution in [0, 0.1) is 18.3 Å². The lowest BCUT2D eigenvalue weighted by Gasteiger charge is -2.35. The number of ether oxygens (including phenoxy) is 1. The highest BCUT2D eigenvalue weighted by Crippen LogP contribution is 2.43. The molecule has 1 saturated heterocycles. The van der Waals surface area contributed by atoms with Crippen molar-refractivity contribution in [3.63, 3.8) is 0 Å². The minimum atomic E-state index is -0.722. The number of nitrogens with zero attached hydrogens (tertiary/aromatic N) is 2. The molecule has 0 saturated carbocycles. The number of aromatic hydroxyl groups is 1. The highest BCUT2D eigenvalue weighted by atomic mass is 32.2. The molecular weight excluding hydrogens is 406 g/mol. The standard InChI is InChI=1S/C21H23N3O5S/c1-14-11-16(25)18(27)19(29-14)21(4-9-30-10-5-21)12-17(26)23-7-8-28-20-15(13-22)3-2-6-24-20/h2-3,6,11,27H,4-5,7-10,12H2,1H3,(H,23,26). The highest BCUT2D eigenvalue weighted by molar-refractivity contribution is 7.99. The summed E-state index contributed by atoms with van der Waals surface area (Å²) < 4.78 is 11.2. The van der Waals surface area contributed by atoms with Crippen LogP contribution < -0.4 is 15.5 Å². The molecule has 0 spiro atoms. The summed E-state index contributed by atoms with van der Waals surface area (Å²) in [5.74, 6) is 1.81. The van der Waals surface area contributed by atoms with Crippen LogP contribution in [0.3, 0.4) is 0 Å². The molecule has 1 aliphatic heterocycles. The van der Waals surface area contributed by atoms with Gasteiger partial charge in [0.25, 0.3) is 0 Å². The quantitative estimate of drug-likeness (QED) is 0.642. The van der Waals surface area contributed by atoms with Crippen molar-refractivity contribution in [2.45, 2.75) is 31.6 Å². The van der Waals surface area contributed by atoms with Crippen LogP contribution in [0.15, 0.2) is 33.6 Å². The van der Waals surface area contributed by atoms with Gasteiger partial charge in [-0.2, -0.15) is 17.0 Å². The van der Waals surface area contributed by atoms with Crippen LogP contribution in [0.1, 0.15) is 36.3 Å². The van der Waals surface area contributed by atoms with E-state index in [9.17, 15) is 14.7 Å². The smallest absolute Gasteiger partial charge is 0.231 e. The number of pyridine rings is 1. The van der Waals surface area contributed by atoms with Crippen molar-refractivity contribution in [3.05, 3.63) is 51.7 Å². The number of amides is 1. The molecule has 2 N–H and O–H groups in total. The van der Waals surface area contributed by atoms with Crippen LogP contribution in [-0.4, -0.2) is 40.7 Å². The number of carbonyl (C=O) groups excluding carboxylic acids is 1. The van der Waals surface area contributed by atoms with Crippen molar-refractivity contribution in [2.24, 2.45) is 0 Å². The summed E-state index contributed by atoms with van der Waals surface area (Å²) in [7, 11) is 0. The van der Waals surface area contributed by atoms with E-state index in [1.807, 2.05) is 6.07 Å². The molecule has 3 heterocycles. The van der Waals surface area contributed by atoms with E-state index in [0.29, 0.717) is 24.2 Å². The normalized spacial score (nSPS) is 15.2. The Morgan fingerprint density at radius 2 is 2.23 bits per heavy atom. The number of hydrogen-bond donors (Lipinski definition) is 2. The summed E-state index contributed by atoms with van der Waals surface area (Å²) >= 11 is 1.77. The summed E-state index contributed by atoms with van der Waals surface area (Å²) in [4.78, 5) is 28.7. The van der Waals surface area contributed by atoms with Crippen LogP contribution >= 0.6 is 11.8 Å². The Labute approximate surface area is 178 Å². The van der Waals surface area contributed by atoms with Crippen molar-refractivity contribution in [1.82, 2.24) is 10.3 Å². The summed E-state index contributed by atoms with van der Waals surface area (Å²) in [5, 5.41) is 22.2. The van der Waals surface area contributed by atoms with Crippen molar-refractivity contribution in [3.8, 4) is 17.7 Å². The fourth-order valence-corrected chi connectivity index (χ4v) is 4.78. The number of thioether (sulfide) groups is 1. The fraction of sp³-hybridized carbons (Fsp3) is 0.429. The van der Waals surface area contributed by atoms with Crippen LogP contribution in [0.2, 0.25) is 0 Å². The third-order valence-electron chi connectivity index (χ3n) is 5.03. The van der Waals surface area contributed by atoms with Gasteiger partial charge in [0, 0.05) is 24.1 Å². The Morgan fingerprint density at radius 3 is 2.97 bits per heavy atom. The Balaban J connectivity index is 1.65. The second kappa shape index (κ2) is 9.67. The summed E-state index contributed by atoms with van der Waals surface area (Å²) in [6.45, 7) is 2.04. The zero-order chi connectivity index (χ0) is 21.6. The van der Waals surface area contributed by atoms with E-state index in [2.05, 4.69) is 10.3 Å². The molecule has 0 aliphatic carbocycles. The van der Waals surface area contributed by atoms with Crippen LogP contribution in [-0.2, 0) is 10.2 Å². The van der Waals surface area contributed by atoms with E-state index < -0.39 is 16.6 Å². The molecule has 9 heteroatoms. The van der Waals surface area contributed by atoms with Gasteiger partial charge in [-0.3, -0.25) is 9.59 Å². The number of nitriles is 1. The Kier molecular flexibility index (Phi) is 7.00. The molecule has 0 aromatic carbocycles. The lowest BCUT2D eigenvalue weighted by atomic mass is 9.75. The first-order valence-corrected chi connectivity index (χ1v) is 10.8. The van der Waals surface area contributed by atoms with E-state index in [1.54, 1.807) is 30.8 Å². The van der Waals surface area contributed by atoms with Crippen molar-refractivity contribution >= 4 is 17.7 Å². The van der Waals surface area contributed by atoms with Crippen molar-refractivity contribution in [2.75, 3.05) is 24.7 Å². The molecule has 1 amide bonds. The summed E-state index contributed by atoms with van der Waals surface area (Å²) in [6, 6.07) is 6.50. The molecule has 0 unspecified atom stereocenters. The molecule has 158 valence electrons. The first-order valence-electron chi connectivity index (χ1n) is 9.62. The molecule has 0 atom stereocenters. The maximum absolute atomic E-state index is 12.7. The average Bonchev–Trinajstić information content (AvgIpc) is 2.74. The summed E-state index contributed by atoms with van der Waals surface area (Å²) in [6.07, 6.45) is 2.88. The van der Waals surface area contributed by atoms with E-state index in [1.165, 1.54) is 12.3 Å². The third kappa shape index (κ3) is 4.94. The van der Waals surface area contributed by atoms with Crippen LogP contribution in [0.5, 0.6) is 11.6 Å². The van der Waals surface area contributed by atoms with Gasteiger partial charge in [-0.15, -0.1) is 0 Å². The van der Waals surface area contributed by atoms with Crippen LogP contribution in [0.25, 0.3) is 0 Å². The minimum absolute atomic E-state index is 0.0978. The lowest BCUT2D eigenvalue weighted by Crippen LogP contribution is -2.39. The van der Waals surface area contributed by atoms with Gasteiger partial charge < -0.3 is 19.6 Å². The van der Waals surface area contributed by atoms with Crippen molar-refractivity contribution in [1.29, 1.82) is 5.26 Å². The Bertz CT molecular complexity index is 1010. The second-order valence-corrected chi connectivity index (χ2v) is 8.36. The number of rotatable bonds is 7. The monoisotopic (exact) mass is 429 g/mol. The molecular formula is C21H23N3O5S. The molecule has 1 fully saturated rings. The Hall–Kier alpha value is -2.99. The highest BCUT2D eigenvalue weighted by Gasteiger charge is 2.41. The first kappa shape index (κ1) is 21.7. The number of aryl methyl sites for hydroxylation is 1. The minimum Gasteiger partial charge on any atom is -0.502 e. The maximum atomic E-state index is 12.7. The van der Waals surface area contributed by atoms with Gasteiger partial charge >= 0.3 is 0 Å². The third-order valence-corrected chi connectivity index (χ3v) is 6.02. The van der Waals surface area contributed by atoms with Crippen molar-refractivity contribution < 1.29 is 19.1 Å². The average molecular weight is 429 g/mol. The number of aromatic nitrogens is 1. The molecule has 1 aliphatic rings. The zero-order valence-corrected chi connectivity index (χ0v) is 17.5. The van der Waals surface area contributed by atoms with Gasteiger partial charge in [-0.05, 0) is 43.4 Å². The molecule has 8 nitrogen and oxygen atoms in total. The molecule has 2 aromatic heterocycles. The van der Waals surface area contributed by atoms with Gasteiger partial charge in [0.2, 0.25) is 23.0 Å². The Morgan fingerprint density at radius 1 is 1.47 bits per heavy atom. The topological polar surface area (TPSA) is 125 Å². The fourth-order valence-electron chi connectivity index (χ4n) is 3.51. The molecule has 2 aromatic rings. The lowest BCUT2D eigenvalue weighted by molar-refractivity contribution is -0.122. The zero-order valence-electron chi connectivity index (χ0n) is 16.6.